The Hall–Kier alpha value is -1.83. The molecule has 5 N–H and O–H groups in total. The molecule has 0 aliphatic carbocycles. The molecule has 0 atom stereocenters. The molecule has 0 aromatic heterocycles. The minimum atomic E-state index is -3.97. The summed E-state index contributed by atoms with van der Waals surface area (Å²) in [6.45, 7) is 0. The maximum atomic E-state index is 13.2. The number of sulfonamides is 1. The maximum Gasteiger partial charge on any atom is 0.240 e. The normalized spacial score (nSPS) is 11.3. The summed E-state index contributed by atoms with van der Waals surface area (Å²) >= 11 is 5.73. The summed E-state index contributed by atoms with van der Waals surface area (Å²) in [7, 11) is -3.97. The van der Waals surface area contributed by atoms with Gasteiger partial charge in [0.05, 0.1) is 5.69 Å². The number of nitrogen functional groups attached to an aromatic ring is 1. The number of nitrogens with two attached hydrogens (primary N) is 2. The highest BCUT2D eigenvalue weighted by atomic mass is 35.5. The molecule has 0 saturated heterocycles. The van der Waals surface area contributed by atoms with Crippen LogP contribution >= 0.6 is 11.6 Å². The third-order valence-corrected chi connectivity index (χ3v) is 3.62. The lowest BCUT2D eigenvalue weighted by molar-refractivity contribution is 0.598. The summed E-state index contributed by atoms with van der Waals surface area (Å²) in [5.74, 6) is -0.549. The van der Waals surface area contributed by atoms with Crippen molar-refractivity contribution in [1.82, 2.24) is 0 Å². The maximum absolute atomic E-state index is 13.2. The van der Waals surface area contributed by atoms with Crippen molar-refractivity contribution in [1.29, 1.82) is 0 Å². The molecule has 0 aliphatic rings. The van der Waals surface area contributed by atoms with E-state index in [4.69, 9.17) is 22.5 Å². The monoisotopic (exact) mass is 315 g/mol. The van der Waals surface area contributed by atoms with Crippen LogP contribution in [-0.4, -0.2) is 8.42 Å². The highest BCUT2D eigenvalue weighted by Crippen LogP contribution is 2.28. The summed E-state index contributed by atoms with van der Waals surface area (Å²) in [6, 6.07) is 7.92. The summed E-state index contributed by atoms with van der Waals surface area (Å²) in [6.07, 6.45) is 0. The van der Waals surface area contributed by atoms with Crippen molar-refractivity contribution in [2.24, 2.45) is 5.14 Å². The van der Waals surface area contributed by atoms with Gasteiger partial charge in [0.2, 0.25) is 10.0 Å². The zero-order valence-corrected chi connectivity index (χ0v) is 11.7. The first-order valence-corrected chi connectivity index (χ1v) is 7.33. The number of benzene rings is 2. The van der Waals surface area contributed by atoms with Gasteiger partial charge >= 0.3 is 0 Å². The Bertz CT molecular complexity index is 745. The molecule has 0 fully saturated rings. The zero-order valence-electron chi connectivity index (χ0n) is 10.1. The predicted molar refractivity (Wildman–Crippen MR) is 76.9 cm³/mol. The van der Waals surface area contributed by atoms with Gasteiger partial charge in [0.1, 0.15) is 10.7 Å². The van der Waals surface area contributed by atoms with Gasteiger partial charge in [0.25, 0.3) is 0 Å². The van der Waals surface area contributed by atoms with Crippen LogP contribution in [0.15, 0.2) is 41.3 Å². The number of hydrogen-bond acceptors (Lipinski definition) is 4. The molecule has 8 heteroatoms. The number of rotatable bonds is 3. The van der Waals surface area contributed by atoms with Crippen molar-refractivity contribution in [3.8, 4) is 0 Å². The average molecular weight is 316 g/mol. The Morgan fingerprint density at radius 3 is 2.45 bits per heavy atom. The number of anilines is 3. The molecule has 2 aromatic carbocycles. The lowest BCUT2D eigenvalue weighted by Crippen LogP contribution is -2.14. The Kier molecular flexibility index (Phi) is 3.85. The number of hydrogen-bond donors (Lipinski definition) is 3. The minimum absolute atomic E-state index is 0.181. The predicted octanol–water partition coefficient (Wildman–Crippen LogP) is 2.45. The van der Waals surface area contributed by atoms with E-state index in [9.17, 15) is 12.8 Å². The molecular formula is C12H11ClFN3O2S. The average Bonchev–Trinajstić information content (AvgIpc) is 2.28. The zero-order chi connectivity index (χ0) is 14.9. The fourth-order valence-electron chi connectivity index (χ4n) is 1.66. The van der Waals surface area contributed by atoms with Crippen LogP contribution in [0.25, 0.3) is 0 Å². The van der Waals surface area contributed by atoms with Crippen LogP contribution in [-0.2, 0) is 10.0 Å². The van der Waals surface area contributed by atoms with E-state index in [1.54, 1.807) is 0 Å². The van der Waals surface area contributed by atoms with Crippen LogP contribution < -0.4 is 16.2 Å². The molecule has 2 rings (SSSR count). The van der Waals surface area contributed by atoms with Gasteiger partial charge in [-0.2, -0.15) is 0 Å². The van der Waals surface area contributed by atoms with Gasteiger partial charge in [0.15, 0.2) is 0 Å². The van der Waals surface area contributed by atoms with E-state index in [1.165, 1.54) is 30.3 Å². The van der Waals surface area contributed by atoms with Crippen LogP contribution in [0, 0.1) is 5.82 Å². The molecule has 0 heterocycles. The molecule has 106 valence electrons. The Labute approximate surface area is 120 Å². The number of nitrogens with one attached hydrogen (secondary N) is 1. The minimum Gasteiger partial charge on any atom is -0.399 e. The van der Waals surface area contributed by atoms with Crippen molar-refractivity contribution in [2.75, 3.05) is 11.1 Å². The topological polar surface area (TPSA) is 98.2 Å². The van der Waals surface area contributed by atoms with Crippen molar-refractivity contribution >= 4 is 38.7 Å². The summed E-state index contributed by atoms with van der Waals surface area (Å²) in [5.41, 5.74) is 6.26. The smallest absolute Gasteiger partial charge is 0.240 e. The molecule has 0 bridgehead atoms. The van der Waals surface area contributed by atoms with Crippen molar-refractivity contribution < 1.29 is 12.8 Å². The van der Waals surface area contributed by atoms with E-state index in [0.717, 1.165) is 6.07 Å². The summed E-state index contributed by atoms with van der Waals surface area (Å²) in [5, 5.41) is 8.05. The van der Waals surface area contributed by atoms with Gasteiger partial charge in [-0.05, 0) is 36.4 Å². The highest BCUT2D eigenvalue weighted by molar-refractivity contribution is 7.89. The van der Waals surface area contributed by atoms with Crippen LogP contribution in [0.3, 0.4) is 0 Å². The summed E-state index contributed by atoms with van der Waals surface area (Å²) in [4.78, 5) is -0.183. The molecule has 0 amide bonds. The first-order chi connectivity index (χ1) is 9.25. The quantitative estimate of drug-likeness (QED) is 0.758. The van der Waals surface area contributed by atoms with Crippen LogP contribution in [0.1, 0.15) is 0 Å². The lowest BCUT2D eigenvalue weighted by atomic mass is 10.2. The van der Waals surface area contributed by atoms with Gasteiger partial charge in [-0.3, -0.25) is 0 Å². The molecule has 0 unspecified atom stereocenters. The molecule has 0 spiro atoms. The van der Waals surface area contributed by atoms with Crippen LogP contribution in [0.2, 0.25) is 5.02 Å². The second kappa shape index (κ2) is 5.28. The molecule has 0 aliphatic heterocycles. The molecular weight excluding hydrogens is 305 g/mol. The summed E-state index contributed by atoms with van der Waals surface area (Å²) < 4.78 is 36.3. The van der Waals surface area contributed by atoms with Crippen LogP contribution in [0.4, 0.5) is 21.5 Å². The molecule has 20 heavy (non-hydrogen) atoms. The fraction of sp³-hybridized carbons (Fsp3) is 0. The van der Waals surface area contributed by atoms with Gasteiger partial charge in [-0.25, -0.2) is 17.9 Å². The SMILES string of the molecule is Nc1ccc(Nc2cc(F)cc(Cl)c2)c(S(N)(=O)=O)c1. The Balaban J connectivity index is 2.48. The van der Waals surface area contributed by atoms with Gasteiger partial charge in [-0.15, -0.1) is 0 Å². The first-order valence-electron chi connectivity index (χ1n) is 5.41. The van der Waals surface area contributed by atoms with Crippen molar-refractivity contribution in [3.63, 3.8) is 0 Å². The Morgan fingerprint density at radius 2 is 1.85 bits per heavy atom. The van der Waals surface area contributed by atoms with E-state index in [1.807, 2.05) is 0 Å². The van der Waals surface area contributed by atoms with Gasteiger partial charge < -0.3 is 11.1 Å². The molecule has 0 radical (unpaired) electrons. The van der Waals surface area contributed by atoms with E-state index in [2.05, 4.69) is 5.32 Å². The third-order valence-electron chi connectivity index (χ3n) is 2.45. The highest BCUT2D eigenvalue weighted by Gasteiger charge is 2.15. The second-order valence-electron chi connectivity index (χ2n) is 4.08. The van der Waals surface area contributed by atoms with Gasteiger partial charge in [-0.1, -0.05) is 11.6 Å². The van der Waals surface area contributed by atoms with Crippen LogP contribution in [0.5, 0.6) is 0 Å². The first kappa shape index (κ1) is 14.6. The third kappa shape index (κ3) is 3.38. The molecule has 0 saturated carbocycles. The van der Waals surface area contributed by atoms with E-state index in [-0.39, 0.29) is 21.3 Å². The Morgan fingerprint density at radius 1 is 1.15 bits per heavy atom. The second-order valence-corrected chi connectivity index (χ2v) is 6.05. The largest absolute Gasteiger partial charge is 0.399 e. The van der Waals surface area contributed by atoms with Crippen molar-refractivity contribution in [2.45, 2.75) is 4.90 Å². The standard InChI is InChI=1S/C12H11ClFN3O2S/c13-7-3-8(14)5-10(4-7)17-11-2-1-9(15)6-12(11)20(16,18)19/h1-6,17H,15H2,(H2,16,18,19). The van der Waals surface area contributed by atoms with E-state index >= 15 is 0 Å². The van der Waals surface area contributed by atoms with E-state index in [0.29, 0.717) is 5.69 Å². The van der Waals surface area contributed by atoms with Gasteiger partial charge in [0, 0.05) is 16.4 Å². The number of primary sulfonamides is 1. The molecule has 5 nitrogen and oxygen atoms in total. The lowest BCUT2D eigenvalue weighted by Gasteiger charge is -2.12. The fourth-order valence-corrected chi connectivity index (χ4v) is 2.61. The molecule has 2 aromatic rings. The van der Waals surface area contributed by atoms with Crippen molar-refractivity contribution in [3.05, 3.63) is 47.2 Å². The number of halogens is 2. The van der Waals surface area contributed by atoms with E-state index < -0.39 is 15.8 Å².